The van der Waals surface area contributed by atoms with Crippen molar-refractivity contribution < 1.29 is 49.0 Å². The van der Waals surface area contributed by atoms with Gasteiger partial charge < -0.3 is 19.5 Å². The minimum atomic E-state index is -0.955. The molecule has 1 aliphatic heterocycles. The number of carbonyl (C=O) groups excluding carboxylic acids is 2. The van der Waals surface area contributed by atoms with Gasteiger partial charge in [0.15, 0.2) is 0 Å². The van der Waals surface area contributed by atoms with Crippen LogP contribution in [0.5, 0.6) is 0 Å². The van der Waals surface area contributed by atoms with E-state index in [-0.39, 0.29) is 53.4 Å². The molecule has 2 fully saturated rings. The fourth-order valence-corrected chi connectivity index (χ4v) is 3.40. The van der Waals surface area contributed by atoms with Gasteiger partial charge in [0.25, 0.3) is 0 Å². The molecular weight excluding hydrogens is 281 g/mol. The summed E-state index contributed by atoms with van der Waals surface area (Å²) in [6.07, 6.45) is 3.71. The second-order valence-electron chi connectivity index (χ2n) is 7.14. The van der Waals surface area contributed by atoms with E-state index >= 15 is 0 Å². The van der Waals surface area contributed by atoms with E-state index in [1.54, 1.807) is 4.90 Å². The van der Waals surface area contributed by atoms with Gasteiger partial charge in [-0.25, -0.2) is 4.79 Å². The van der Waals surface area contributed by atoms with Crippen molar-refractivity contribution in [2.24, 2.45) is 11.3 Å². The van der Waals surface area contributed by atoms with Gasteiger partial charge in [-0.1, -0.05) is 0 Å². The maximum Gasteiger partial charge on any atom is 1.00 e. The van der Waals surface area contributed by atoms with Crippen LogP contribution in [-0.4, -0.2) is 35.7 Å². The molecular formula is C15H24NNaO4. The molecule has 0 aromatic carbocycles. The molecule has 1 amide bonds. The molecule has 2 rings (SSSR count). The zero-order valence-corrected chi connectivity index (χ0v) is 15.6. The molecule has 21 heavy (non-hydrogen) atoms. The fraction of sp³-hybridized carbons (Fsp3) is 0.867. The van der Waals surface area contributed by atoms with E-state index in [1.165, 1.54) is 0 Å². The fourth-order valence-electron chi connectivity index (χ4n) is 3.40. The van der Waals surface area contributed by atoms with Crippen molar-refractivity contribution in [1.29, 1.82) is 0 Å². The number of piperidine rings is 1. The summed E-state index contributed by atoms with van der Waals surface area (Å²) in [6, 6.07) is 0. The zero-order chi connectivity index (χ0) is 15.0. The Bertz CT molecular complexity index is 397. The predicted octanol–water partition coefficient (Wildman–Crippen LogP) is -1.44. The smallest absolute Gasteiger partial charge is 0.550 e. The SMILES string of the molecule is CC(C)(C)OC(=O)N1CCC2(CCC2CC(=O)[O-])CC1.[Na+]. The molecule has 6 heteroatoms. The van der Waals surface area contributed by atoms with E-state index < -0.39 is 11.6 Å². The Hall–Kier alpha value is -0.260. The molecule has 1 unspecified atom stereocenters. The quantitative estimate of drug-likeness (QED) is 0.586. The third-order valence-corrected chi connectivity index (χ3v) is 4.68. The monoisotopic (exact) mass is 305 g/mol. The first kappa shape index (κ1) is 18.8. The Morgan fingerprint density at radius 2 is 1.81 bits per heavy atom. The maximum absolute atomic E-state index is 12.0. The second kappa shape index (κ2) is 6.88. The van der Waals surface area contributed by atoms with Crippen LogP contribution in [-0.2, 0) is 9.53 Å². The molecule has 1 aliphatic carbocycles. The summed E-state index contributed by atoms with van der Waals surface area (Å²) in [5, 5.41) is 10.8. The second-order valence-corrected chi connectivity index (χ2v) is 7.14. The molecule has 1 saturated carbocycles. The average molecular weight is 305 g/mol. The Morgan fingerprint density at radius 1 is 1.24 bits per heavy atom. The zero-order valence-electron chi connectivity index (χ0n) is 13.6. The number of rotatable bonds is 2. The maximum atomic E-state index is 12.0. The number of carboxylic acids is 1. The van der Waals surface area contributed by atoms with Crippen molar-refractivity contribution in [3.63, 3.8) is 0 Å². The number of amides is 1. The number of carboxylic acid groups (broad SMARTS) is 1. The molecule has 0 N–H and O–H groups in total. The summed E-state index contributed by atoms with van der Waals surface area (Å²) < 4.78 is 5.37. The van der Waals surface area contributed by atoms with Crippen LogP contribution in [0.4, 0.5) is 4.79 Å². The Labute approximate surface area is 148 Å². The summed E-state index contributed by atoms with van der Waals surface area (Å²) in [7, 11) is 0. The molecule has 1 heterocycles. The molecule has 0 bridgehead atoms. The summed E-state index contributed by atoms with van der Waals surface area (Å²) in [6.45, 7) is 6.91. The van der Waals surface area contributed by atoms with E-state index in [2.05, 4.69) is 0 Å². The third kappa shape index (κ3) is 4.60. The first-order valence-corrected chi connectivity index (χ1v) is 7.40. The number of hydrogen-bond donors (Lipinski definition) is 0. The molecule has 1 spiro atoms. The Kier molecular flexibility index (Phi) is 6.16. The molecule has 114 valence electrons. The van der Waals surface area contributed by atoms with Crippen molar-refractivity contribution >= 4 is 12.1 Å². The number of carbonyl (C=O) groups is 2. The van der Waals surface area contributed by atoms with Gasteiger partial charge in [-0.05, 0) is 64.2 Å². The summed E-state index contributed by atoms with van der Waals surface area (Å²) in [5.74, 6) is -0.725. The minimum absolute atomic E-state index is 0. The van der Waals surface area contributed by atoms with Crippen molar-refractivity contribution in [3.05, 3.63) is 0 Å². The number of likely N-dealkylation sites (tertiary alicyclic amines) is 1. The van der Waals surface area contributed by atoms with Gasteiger partial charge in [0.1, 0.15) is 5.60 Å². The normalized spacial score (nSPS) is 24.0. The Morgan fingerprint density at radius 3 is 2.19 bits per heavy atom. The van der Waals surface area contributed by atoms with Crippen LogP contribution in [0.25, 0.3) is 0 Å². The molecule has 0 radical (unpaired) electrons. The average Bonchev–Trinajstić information content (AvgIpc) is 2.33. The summed E-state index contributed by atoms with van der Waals surface area (Å²) in [5.41, 5.74) is -0.348. The van der Waals surface area contributed by atoms with Crippen molar-refractivity contribution in [1.82, 2.24) is 4.90 Å². The number of aliphatic carboxylic acids is 1. The number of nitrogens with zero attached hydrogens (tertiary/aromatic N) is 1. The molecule has 5 nitrogen and oxygen atoms in total. The van der Waals surface area contributed by atoms with Gasteiger partial charge in [0.2, 0.25) is 0 Å². The molecule has 0 aromatic heterocycles. The molecule has 0 aromatic rings. The van der Waals surface area contributed by atoms with Gasteiger partial charge in [-0.2, -0.15) is 0 Å². The van der Waals surface area contributed by atoms with E-state index in [4.69, 9.17) is 4.74 Å². The molecule has 2 aliphatic rings. The summed E-state index contributed by atoms with van der Waals surface area (Å²) in [4.78, 5) is 24.5. The molecule has 1 atom stereocenters. The van der Waals surface area contributed by atoms with Crippen LogP contribution in [0.15, 0.2) is 0 Å². The van der Waals surface area contributed by atoms with Crippen LogP contribution in [0.3, 0.4) is 0 Å². The van der Waals surface area contributed by atoms with Crippen molar-refractivity contribution in [2.45, 2.75) is 58.5 Å². The van der Waals surface area contributed by atoms with Crippen LogP contribution < -0.4 is 34.7 Å². The van der Waals surface area contributed by atoms with Crippen LogP contribution in [0.2, 0.25) is 0 Å². The van der Waals surface area contributed by atoms with Crippen LogP contribution in [0.1, 0.15) is 52.9 Å². The Balaban J connectivity index is 0.00000220. The first-order chi connectivity index (χ1) is 9.22. The van der Waals surface area contributed by atoms with Crippen LogP contribution in [0, 0.1) is 11.3 Å². The number of hydrogen-bond acceptors (Lipinski definition) is 4. The first-order valence-electron chi connectivity index (χ1n) is 7.40. The van der Waals surface area contributed by atoms with Gasteiger partial charge in [-0.15, -0.1) is 0 Å². The van der Waals surface area contributed by atoms with Gasteiger partial charge in [0.05, 0.1) is 0 Å². The standard InChI is InChI=1S/C15H25NO4.Na/c1-14(2,3)20-13(19)16-8-6-15(7-9-16)5-4-11(15)10-12(17)18;/h11H,4-10H2,1-3H3,(H,17,18);/q;+1/p-1. The minimum Gasteiger partial charge on any atom is -0.550 e. The van der Waals surface area contributed by atoms with Gasteiger partial charge in [-0.3, -0.25) is 0 Å². The number of ether oxygens (including phenoxy) is 1. The predicted molar refractivity (Wildman–Crippen MR) is 71.8 cm³/mol. The van der Waals surface area contributed by atoms with Crippen LogP contribution >= 0.6 is 0 Å². The van der Waals surface area contributed by atoms with Crippen molar-refractivity contribution in [2.75, 3.05) is 13.1 Å². The van der Waals surface area contributed by atoms with Gasteiger partial charge >= 0.3 is 35.7 Å². The van der Waals surface area contributed by atoms with Crippen molar-refractivity contribution in [3.8, 4) is 0 Å². The topological polar surface area (TPSA) is 69.7 Å². The van der Waals surface area contributed by atoms with E-state index in [1.807, 2.05) is 20.8 Å². The van der Waals surface area contributed by atoms with E-state index in [9.17, 15) is 14.7 Å². The largest absolute Gasteiger partial charge is 1.00 e. The van der Waals surface area contributed by atoms with E-state index in [0.717, 1.165) is 25.7 Å². The molecule has 1 saturated heterocycles. The van der Waals surface area contributed by atoms with E-state index in [0.29, 0.717) is 13.1 Å². The summed E-state index contributed by atoms with van der Waals surface area (Å²) >= 11 is 0. The third-order valence-electron chi connectivity index (χ3n) is 4.68. The van der Waals surface area contributed by atoms with Gasteiger partial charge in [0, 0.05) is 19.1 Å².